The van der Waals surface area contributed by atoms with Gasteiger partial charge in [-0.3, -0.25) is 9.59 Å². The van der Waals surface area contributed by atoms with Gasteiger partial charge >= 0.3 is 6.16 Å². The van der Waals surface area contributed by atoms with Gasteiger partial charge in [0.25, 0.3) is 0 Å². The molecule has 0 aromatic carbocycles. The molecule has 0 aromatic heterocycles. The quantitative estimate of drug-likeness (QED) is 0.115. The van der Waals surface area contributed by atoms with Gasteiger partial charge in [0.05, 0.1) is 37.3 Å². The van der Waals surface area contributed by atoms with E-state index in [0.717, 1.165) is 67.1 Å². The molecule has 10 nitrogen and oxygen atoms in total. The number of aliphatic hydroxyl groups is 1. The van der Waals surface area contributed by atoms with Crippen LogP contribution in [0, 0.1) is 11.8 Å². The molecular formula is C53H70O10. The highest BCUT2D eigenvalue weighted by atomic mass is 16.7. The summed E-state index contributed by atoms with van der Waals surface area (Å²) in [6.45, 7) is 23.8. The molecule has 0 aromatic rings. The summed E-state index contributed by atoms with van der Waals surface area (Å²) in [5.74, 6) is -2.24. The Labute approximate surface area is 375 Å². The van der Waals surface area contributed by atoms with E-state index >= 15 is 0 Å². The molecule has 1 N–H and O–H groups in total. The van der Waals surface area contributed by atoms with Crippen molar-refractivity contribution in [2.24, 2.45) is 11.8 Å². The van der Waals surface area contributed by atoms with Gasteiger partial charge in [-0.2, -0.15) is 0 Å². The third-order valence-corrected chi connectivity index (χ3v) is 12.1. The highest BCUT2D eigenvalue weighted by Crippen LogP contribution is 2.44. The van der Waals surface area contributed by atoms with Gasteiger partial charge in [-0.25, -0.2) is 4.79 Å². The van der Waals surface area contributed by atoms with Crippen LogP contribution in [0.15, 0.2) is 129 Å². The standard InChI is InChI=1S/C28H36O6.C25H34O4/c1-7-31-27(30)32-17-22-16-28(34-26-13-21(6)25(29)14-24(22)26)15-20(5)12-23(33-28)11-19(4)10-8-9-18(2)3;1-16(2)7-6-8-17(3)9-21-10-18(4)13-25(28-21)14-20(15-26)22-12-23(27)19(5)11-24(22)29-25/h7,9,11,13,15-16,23-24,26H,1,8,10,12,14,17H2,2-6H3;7,9,11,13-14,21-22,24,26H,6,8,10,12,15H2,1-5H3/b19-11+;17-9+/t23-,24-,26-,28+;21-,22-,24-,25+/m00/s1. The predicted molar refractivity (Wildman–Crippen MR) is 246 cm³/mol. The van der Waals surface area contributed by atoms with Crippen molar-refractivity contribution in [1.29, 1.82) is 0 Å². The van der Waals surface area contributed by atoms with Crippen molar-refractivity contribution in [3.05, 3.63) is 129 Å². The lowest BCUT2D eigenvalue weighted by Gasteiger charge is -2.45. The summed E-state index contributed by atoms with van der Waals surface area (Å²) in [7, 11) is 0. The molecule has 10 heteroatoms. The minimum Gasteiger partial charge on any atom is -0.429 e. The highest BCUT2D eigenvalue weighted by molar-refractivity contribution is 5.96. The first-order valence-corrected chi connectivity index (χ1v) is 22.4. The van der Waals surface area contributed by atoms with Crippen LogP contribution >= 0.6 is 0 Å². The molecule has 0 fully saturated rings. The normalized spacial score (nSPS) is 30.5. The van der Waals surface area contributed by atoms with Crippen LogP contribution in [-0.4, -0.2) is 72.0 Å². The van der Waals surface area contributed by atoms with E-state index in [1.807, 2.05) is 43.4 Å². The number of hydrogen-bond donors (Lipinski definition) is 1. The molecule has 0 saturated heterocycles. The molecule has 0 unspecified atom stereocenters. The molecule has 6 aliphatic rings. The van der Waals surface area contributed by atoms with Crippen LogP contribution in [0.1, 0.15) is 121 Å². The fraction of sp³-hybridized carbons (Fsp3) is 0.528. The third-order valence-electron chi connectivity index (χ3n) is 12.1. The largest absolute Gasteiger partial charge is 0.513 e. The van der Waals surface area contributed by atoms with Crippen molar-refractivity contribution in [2.75, 3.05) is 13.2 Å². The Bertz CT molecular complexity index is 2070. The average Bonchev–Trinajstić information content (AvgIpc) is 3.17. The molecule has 0 radical (unpaired) electrons. The summed E-state index contributed by atoms with van der Waals surface area (Å²) >= 11 is 0. The predicted octanol–water partition coefficient (Wildman–Crippen LogP) is 11.2. The molecular weight excluding hydrogens is 797 g/mol. The van der Waals surface area contributed by atoms with E-state index in [9.17, 15) is 19.5 Å². The van der Waals surface area contributed by atoms with E-state index in [1.54, 1.807) is 6.92 Å². The Kier molecular flexibility index (Phi) is 17.3. The number of Topliss-reactive ketones (excluding diaryl/α,β-unsaturated/α-hetero) is 2. The maximum Gasteiger partial charge on any atom is 0.513 e. The van der Waals surface area contributed by atoms with Crippen molar-refractivity contribution in [3.63, 3.8) is 0 Å². The van der Waals surface area contributed by atoms with E-state index in [-0.39, 0.29) is 61.0 Å². The summed E-state index contributed by atoms with van der Waals surface area (Å²) in [4.78, 5) is 36.3. The van der Waals surface area contributed by atoms with Gasteiger partial charge in [-0.15, -0.1) is 0 Å². The van der Waals surface area contributed by atoms with E-state index in [4.69, 9.17) is 23.7 Å². The lowest BCUT2D eigenvalue weighted by Crippen LogP contribution is -2.49. The summed E-state index contributed by atoms with van der Waals surface area (Å²) < 4.78 is 35.8. The summed E-state index contributed by atoms with van der Waals surface area (Å²) in [5.41, 5.74) is 10.6. The molecule has 0 saturated carbocycles. The van der Waals surface area contributed by atoms with E-state index in [0.29, 0.717) is 18.4 Å². The van der Waals surface area contributed by atoms with Gasteiger partial charge < -0.3 is 33.5 Å². The zero-order valence-electron chi connectivity index (χ0n) is 39.2. The van der Waals surface area contributed by atoms with Crippen molar-refractivity contribution < 1.29 is 47.9 Å². The van der Waals surface area contributed by atoms with E-state index < -0.39 is 17.7 Å². The fourth-order valence-corrected chi connectivity index (χ4v) is 9.06. The number of ketones is 2. The first kappa shape index (κ1) is 49.6. The van der Waals surface area contributed by atoms with Gasteiger partial charge in [0.1, 0.15) is 6.61 Å². The van der Waals surface area contributed by atoms with Crippen LogP contribution in [0.25, 0.3) is 0 Å². The maximum atomic E-state index is 12.4. The van der Waals surface area contributed by atoms with Gasteiger partial charge in [0, 0.05) is 24.7 Å². The Morgan fingerprint density at radius 3 is 1.57 bits per heavy atom. The molecule has 63 heavy (non-hydrogen) atoms. The molecule has 0 amide bonds. The second-order valence-corrected chi connectivity index (χ2v) is 18.6. The van der Waals surface area contributed by atoms with Crippen LogP contribution in [0.4, 0.5) is 4.79 Å². The van der Waals surface area contributed by atoms with Crippen LogP contribution in [0.3, 0.4) is 0 Å². The number of carbonyl (C=O) groups excluding carboxylic acids is 3. The second kappa shape index (κ2) is 22.0. The Morgan fingerprint density at radius 2 is 1.14 bits per heavy atom. The molecule has 6 rings (SSSR count). The first-order chi connectivity index (χ1) is 29.8. The van der Waals surface area contributed by atoms with Crippen molar-refractivity contribution in [1.82, 2.24) is 0 Å². The minimum absolute atomic E-state index is 0.0163. The number of fused-ring (bicyclic) bond motifs is 2. The topological polar surface area (TPSA) is 127 Å². The van der Waals surface area contributed by atoms with Gasteiger partial charge in [0.15, 0.2) is 11.6 Å². The monoisotopic (exact) mass is 866 g/mol. The van der Waals surface area contributed by atoms with Crippen molar-refractivity contribution in [3.8, 4) is 0 Å². The number of ether oxygens (including phenoxy) is 6. The smallest absolute Gasteiger partial charge is 0.429 e. The van der Waals surface area contributed by atoms with Crippen molar-refractivity contribution >= 4 is 17.7 Å². The Morgan fingerprint density at radius 1 is 0.698 bits per heavy atom. The lowest BCUT2D eigenvalue weighted by molar-refractivity contribution is -0.225. The summed E-state index contributed by atoms with van der Waals surface area (Å²) in [6, 6.07) is 0. The molecule has 4 aliphatic heterocycles. The summed E-state index contributed by atoms with van der Waals surface area (Å²) in [5, 5.41) is 9.97. The molecule has 2 spiro atoms. The fourth-order valence-electron chi connectivity index (χ4n) is 9.06. The van der Waals surface area contributed by atoms with Crippen LogP contribution in [0.2, 0.25) is 0 Å². The molecule has 342 valence electrons. The number of aliphatic hydroxyl groups excluding tert-OH is 1. The Balaban J connectivity index is 0.000000240. The second-order valence-electron chi connectivity index (χ2n) is 18.6. The molecule has 8 atom stereocenters. The van der Waals surface area contributed by atoms with Gasteiger partial charge in [0.2, 0.25) is 11.6 Å². The first-order valence-electron chi connectivity index (χ1n) is 22.4. The van der Waals surface area contributed by atoms with Gasteiger partial charge in [-0.05, 0) is 167 Å². The number of rotatable bonds is 12. The zero-order chi connectivity index (χ0) is 46.1. The maximum absolute atomic E-state index is 12.4. The molecule has 4 heterocycles. The average molecular weight is 867 g/mol. The Hall–Kier alpha value is -4.45. The number of hydrogen-bond acceptors (Lipinski definition) is 10. The van der Waals surface area contributed by atoms with E-state index in [1.165, 1.54) is 27.9 Å². The minimum atomic E-state index is -1.09. The molecule has 2 aliphatic carbocycles. The molecule has 0 bridgehead atoms. The number of allylic oxidation sites excluding steroid dienone is 8. The van der Waals surface area contributed by atoms with Crippen molar-refractivity contribution in [2.45, 2.75) is 157 Å². The van der Waals surface area contributed by atoms with Gasteiger partial charge in [-0.1, -0.05) is 64.3 Å². The lowest BCUT2D eigenvalue weighted by atomic mass is 9.79. The van der Waals surface area contributed by atoms with Crippen LogP contribution in [-0.2, 0) is 38.0 Å². The summed E-state index contributed by atoms with van der Waals surface area (Å²) in [6.07, 6.45) is 26.0. The van der Waals surface area contributed by atoms with E-state index in [2.05, 4.69) is 91.0 Å². The SMILES string of the molecule is C=COC(=O)OCC1=C[C@@]2(C=C(C)C[C@H](/C=C(\C)CCC=C(C)C)O2)O[C@H]2C=C(C)C(=O)C[C@@H]12.CC(C)=CCC/C(C)=C/[C@H]1CC(C)=C[C@@]2(C=C(CO)[C@@H]3CC(=O)C(C)=C[C@@H]3O2)O1. The number of carbonyl (C=O) groups is 3. The van der Waals surface area contributed by atoms with Crippen LogP contribution < -0.4 is 0 Å². The highest BCUT2D eigenvalue weighted by Gasteiger charge is 2.47. The van der Waals surface area contributed by atoms with Crippen LogP contribution in [0.5, 0.6) is 0 Å². The zero-order valence-corrected chi connectivity index (χ0v) is 39.2. The third kappa shape index (κ3) is 13.8.